The molecule has 2 aliphatic heterocycles. The number of allylic oxidation sites excluding steroid dienone is 1. The number of likely N-dealkylation sites (tertiary alicyclic amines) is 1. The summed E-state index contributed by atoms with van der Waals surface area (Å²) in [7, 11) is 0. The number of rotatable bonds is 6. The van der Waals surface area contributed by atoms with Crippen molar-refractivity contribution in [3.05, 3.63) is 61.0 Å². The van der Waals surface area contributed by atoms with E-state index in [1.807, 2.05) is 35.6 Å². The molecule has 1 fully saturated rings. The average Bonchev–Trinajstić information content (AvgIpc) is 3.11. The van der Waals surface area contributed by atoms with E-state index in [0.717, 1.165) is 41.6 Å². The number of hydrogen-bond donors (Lipinski definition) is 2. The Balaban J connectivity index is 1.37. The van der Waals surface area contributed by atoms with Gasteiger partial charge in [-0.2, -0.15) is 0 Å². The normalized spacial score (nSPS) is 17.6. The topological polar surface area (TPSA) is 69.2 Å². The second-order valence-electron chi connectivity index (χ2n) is 6.80. The lowest BCUT2D eigenvalue weighted by molar-refractivity contribution is 0.237. The fourth-order valence-corrected chi connectivity index (χ4v) is 3.48. The van der Waals surface area contributed by atoms with Crippen LogP contribution >= 0.6 is 0 Å². The second kappa shape index (κ2) is 8.18. The first-order valence-corrected chi connectivity index (χ1v) is 9.46. The summed E-state index contributed by atoms with van der Waals surface area (Å²) in [6, 6.07) is 5.87. The molecule has 0 unspecified atom stereocenters. The van der Waals surface area contributed by atoms with Crippen molar-refractivity contribution in [2.45, 2.75) is 19.3 Å². The van der Waals surface area contributed by atoms with E-state index >= 15 is 0 Å². The lowest BCUT2D eigenvalue weighted by Crippen LogP contribution is -2.34. The van der Waals surface area contributed by atoms with Crippen LogP contribution in [0.4, 0.5) is 11.6 Å². The molecule has 2 N–H and O–H groups in total. The van der Waals surface area contributed by atoms with Crippen molar-refractivity contribution in [3.63, 3.8) is 0 Å². The molecule has 2 aliphatic rings. The quantitative estimate of drug-likeness (QED) is 0.818. The van der Waals surface area contributed by atoms with E-state index in [1.165, 1.54) is 32.4 Å². The number of hydrogen-bond acceptors (Lipinski definition) is 7. The average molecular weight is 363 g/mol. The Morgan fingerprint density at radius 1 is 1.19 bits per heavy atom. The van der Waals surface area contributed by atoms with Gasteiger partial charge in [-0.15, -0.1) is 0 Å². The molecule has 7 nitrogen and oxygen atoms in total. The number of pyridine rings is 1. The Bertz CT molecular complexity index is 812. The minimum Gasteiger partial charge on any atom is -0.369 e. The van der Waals surface area contributed by atoms with E-state index in [2.05, 4.69) is 37.2 Å². The van der Waals surface area contributed by atoms with Gasteiger partial charge in [0, 0.05) is 48.9 Å². The molecular formula is C20H25N7. The summed E-state index contributed by atoms with van der Waals surface area (Å²) in [6.07, 6.45) is 11.1. The first kappa shape index (κ1) is 17.5. The lowest BCUT2D eigenvalue weighted by Gasteiger charge is -2.26. The molecule has 2 aromatic heterocycles. The van der Waals surface area contributed by atoms with Crippen LogP contribution in [0.2, 0.25) is 0 Å². The zero-order chi connectivity index (χ0) is 18.5. The summed E-state index contributed by atoms with van der Waals surface area (Å²) in [5.74, 6) is 1.58. The highest BCUT2D eigenvalue weighted by atomic mass is 15.5. The highest BCUT2D eigenvalue weighted by Gasteiger charge is 2.22. The minimum absolute atomic E-state index is 0.755. The third-order valence-corrected chi connectivity index (χ3v) is 4.96. The minimum atomic E-state index is 0.755. The number of nitrogens with zero attached hydrogens (tertiary/aromatic N) is 5. The molecule has 4 heterocycles. The monoisotopic (exact) mass is 363 g/mol. The van der Waals surface area contributed by atoms with Gasteiger partial charge in [0.05, 0.1) is 5.70 Å². The zero-order valence-corrected chi connectivity index (χ0v) is 15.4. The Labute approximate surface area is 159 Å². The van der Waals surface area contributed by atoms with Gasteiger partial charge in [-0.25, -0.2) is 15.0 Å². The third kappa shape index (κ3) is 4.09. The van der Waals surface area contributed by atoms with E-state index in [4.69, 9.17) is 0 Å². The van der Waals surface area contributed by atoms with Gasteiger partial charge in [0.15, 0.2) is 5.82 Å². The van der Waals surface area contributed by atoms with Crippen molar-refractivity contribution in [2.75, 3.05) is 36.5 Å². The Hall–Kier alpha value is -2.93. The van der Waals surface area contributed by atoms with Crippen LogP contribution in [0.3, 0.4) is 0 Å². The number of piperidine rings is 1. The van der Waals surface area contributed by atoms with Gasteiger partial charge in [-0.1, -0.05) is 19.1 Å². The number of aromatic nitrogens is 3. The summed E-state index contributed by atoms with van der Waals surface area (Å²) in [5.41, 5.74) is 6.08. The maximum atomic E-state index is 4.39. The zero-order valence-electron chi connectivity index (χ0n) is 15.4. The smallest absolute Gasteiger partial charge is 0.157 e. The SMILES string of the molecule is C=C1C(c2cccnc2)=CNN1c1cc(NCCN2CCCCC2)ncn1. The van der Waals surface area contributed by atoms with Crippen LogP contribution in [0.5, 0.6) is 0 Å². The van der Waals surface area contributed by atoms with Crippen molar-refractivity contribution in [2.24, 2.45) is 0 Å². The van der Waals surface area contributed by atoms with Crippen molar-refractivity contribution in [1.82, 2.24) is 25.3 Å². The molecule has 0 saturated carbocycles. The molecule has 4 rings (SSSR count). The number of hydrazine groups is 1. The van der Waals surface area contributed by atoms with Crippen LogP contribution < -0.4 is 15.8 Å². The van der Waals surface area contributed by atoms with Gasteiger partial charge < -0.3 is 10.2 Å². The molecule has 0 spiro atoms. The molecule has 0 aliphatic carbocycles. The fourth-order valence-electron chi connectivity index (χ4n) is 3.48. The van der Waals surface area contributed by atoms with Crippen LogP contribution in [0.15, 0.2) is 55.4 Å². The fraction of sp³-hybridized carbons (Fsp3) is 0.350. The summed E-state index contributed by atoms with van der Waals surface area (Å²) in [6.45, 7) is 8.53. The van der Waals surface area contributed by atoms with E-state index in [-0.39, 0.29) is 0 Å². The van der Waals surface area contributed by atoms with Crippen LogP contribution in [0.1, 0.15) is 24.8 Å². The molecule has 27 heavy (non-hydrogen) atoms. The van der Waals surface area contributed by atoms with Crippen molar-refractivity contribution >= 4 is 17.2 Å². The molecule has 0 aromatic carbocycles. The predicted molar refractivity (Wildman–Crippen MR) is 108 cm³/mol. The van der Waals surface area contributed by atoms with Gasteiger partial charge in [-0.05, 0) is 32.0 Å². The van der Waals surface area contributed by atoms with Gasteiger partial charge in [0.1, 0.15) is 12.1 Å². The first-order chi connectivity index (χ1) is 13.3. The van der Waals surface area contributed by atoms with Crippen molar-refractivity contribution in [3.8, 4) is 0 Å². The maximum absolute atomic E-state index is 4.39. The summed E-state index contributed by atoms with van der Waals surface area (Å²) < 4.78 is 0. The summed E-state index contributed by atoms with van der Waals surface area (Å²) >= 11 is 0. The van der Waals surface area contributed by atoms with Crippen LogP contribution in [0, 0.1) is 0 Å². The van der Waals surface area contributed by atoms with E-state index < -0.39 is 0 Å². The van der Waals surface area contributed by atoms with Crippen molar-refractivity contribution in [1.29, 1.82) is 0 Å². The molecule has 1 saturated heterocycles. The first-order valence-electron chi connectivity index (χ1n) is 9.46. The van der Waals surface area contributed by atoms with E-state index in [0.29, 0.717) is 0 Å². The number of nitrogens with one attached hydrogen (secondary N) is 2. The molecule has 140 valence electrons. The molecular weight excluding hydrogens is 338 g/mol. The Morgan fingerprint density at radius 2 is 2.07 bits per heavy atom. The molecule has 0 atom stereocenters. The van der Waals surface area contributed by atoms with Gasteiger partial charge in [0.2, 0.25) is 0 Å². The molecule has 0 amide bonds. The predicted octanol–water partition coefficient (Wildman–Crippen LogP) is 2.65. The summed E-state index contributed by atoms with van der Waals surface area (Å²) in [4.78, 5) is 15.4. The van der Waals surface area contributed by atoms with Gasteiger partial charge >= 0.3 is 0 Å². The maximum Gasteiger partial charge on any atom is 0.157 e. The van der Waals surface area contributed by atoms with E-state index in [1.54, 1.807) is 12.5 Å². The van der Waals surface area contributed by atoms with Crippen LogP contribution in [-0.2, 0) is 0 Å². The largest absolute Gasteiger partial charge is 0.369 e. The Morgan fingerprint density at radius 3 is 2.89 bits per heavy atom. The summed E-state index contributed by atoms with van der Waals surface area (Å²) in [5, 5.41) is 5.27. The van der Waals surface area contributed by atoms with Gasteiger partial charge in [0.25, 0.3) is 0 Å². The van der Waals surface area contributed by atoms with Crippen molar-refractivity contribution < 1.29 is 0 Å². The molecule has 0 radical (unpaired) electrons. The van der Waals surface area contributed by atoms with E-state index in [9.17, 15) is 0 Å². The van der Waals surface area contributed by atoms with Crippen LogP contribution in [0.25, 0.3) is 5.57 Å². The molecule has 2 aromatic rings. The highest BCUT2D eigenvalue weighted by Crippen LogP contribution is 2.30. The molecule has 0 bridgehead atoms. The Kier molecular flexibility index (Phi) is 5.29. The lowest BCUT2D eigenvalue weighted by atomic mass is 10.1. The third-order valence-electron chi connectivity index (χ3n) is 4.96. The number of anilines is 2. The highest BCUT2D eigenvalue weighted by molar-refractivity contribution is 5.84. The molecule has 7 heteroatoms. The van der Waals surface area contributed by atoms with Gasteiger partial charge in [-0.3, -0.25) is 10.4 Å². The van der Waals surface area contributed by atoms with Crippen LogP contribution in [-0.4, -0.2) is 46.0 Å². The standard InChI is InChI=1S/C20H25N7/c1-16-18(17-6-5-7-21-13-17)14-25-27(16)20-12-19(23-15-24-20)22-8-11-26-9-3-2-4-10-26/h5-7,12-15,25H,1-4,8-11H2,(H,22,23,24). The second-order valence-corrected chi connectivity index (χ2v) is 6.80.